The Balaban J connectivity index is 1.48. The van der Waals surface area contributed by atoms with Gasteiger partial charge in [-0.3, -0.25) is 5.32 Å². The lowest BCUT2D eigenvalue weighted by Gasteiger charge is -2.30. The lowest BCUT2D eigenvalue weighted by atomic mass is 9.90. The fourth-order valence-electron chi connectivity index (χ4n) is 5.15. The molecule has 0 saturated heterocycles. The fraction of sp³-hybridized carbons (Fsp3) is 0.258. The van der Waals surface area contributed by atoms with Crippen LogP contribution in [0, 0.1) is 0 Å². The van der Waals surface area contributed by atoms with Crippen molar-refractivity contribution in [2.24, 2.45) is 0 Å². The van der Waals surface area contributed by atoms with Crippen LogP contribution in [0.25, 0.3) is 22.0 Å². The summed E-state index contributed by atoms with van der Waals surface area (Å²) in [6.07, 6.45) is 0.260. The molecule has 0 spiro atoms. The lowest BCUT2D eigenvalue weighted by Crippen LogP contribution is -2.63. The van der Waals surface area contributed by atoms with Crippen molar-refractivity contribution in [2.45, 2.75) is 44.2 Å². The summed E-state index contributed by atoms with van der Waals surface area (Å²) in [5.41, 5.74) is 2.05. The highest BCUT2D eigenvalue weighted by atomic mass is 16.6. The second-order valence-electron chi connectivity index (χ2n) is 10.7. The number of fused-ring (bicyclic) bond motifs is 4. The number of hydrogen-bond acceptors (Lipinski definition) is 5. The molecule has 0 fully saturated rings. The van der Waals surface area contributed by atoms with Crippen molar-refractivity contribution >= 4 is 28.9 Å². The predicted molar refractivity (Wildman–Crippen MR) is 146 cm³/mol. The molecule has 4 aromatic rings. The number of hydrogen-bond donors (Lipinski definition) is 3. The van der Waals surface area contributed by atoms with Crippen molar-refractivity contribution in [1.29, 1.82) is 0 Å². The van der Waals surface area contributed by atoms with Gasteiger partial charge in [0.15, 0.2) is 0 Å². The summed E-state index contributed by atoms with van der Waals surface area (Å²) in [5, 5.41) is 13.5. The zero-order valence-corrected chi connectivity index (χ0v) is 22.0. The van der Waals surface area contributed by atoms with E-state index in [0.29, 0.717) is 5.56 Å². The van der Waals surface area contributed by atoms with Gasteiger partial charge in [0.1, 0.15) is 12.2 Å². The molecular weight excluding hydrogens is 496 g/mol. The van der Waals surface area contributed by atoms with Crippen LogP contribution in [0.4, 0.5) is 4.79 Å². The minimum absolute atomic E-state index is 0.0915. The number of carbonyl (C=O) groups excluding carboxylic acids is 2. The highest BCUT2D eigenvalue weighted by Gasteiger charge is 2.51. The molecule has 8 heteroatoms. The highest BCUT2D eigenvalue weighted by molar-refractivity contribution is 6.07. The van der Waals surface area contributed by atoms with E-state index in [1.54, 1.807) is 27.0 Å². The van der Waals surface area contributed by atoms with Gasteiger partial charge >= 0.3 is 18.0 Å². The fourth-order valence-corrected chi connectivity index (χ4v) is 5.15. The molecule has 0 radical (unpaired) electrons. The average molecular weight is 527 g/mol. The first-order chi connectivity index (χ1) is 18.6. The van der Waals surface area contributed by atoms with Gasteiger partial charge in [-0.05, 0) is 54.7 Å². The minimum atomic E-state index is -2.43. The summed E-state index contributed by atoms with van der Waals surface area (Å²) in [5.74, 6) is -2.90. The molecule has 0 bridgehead atoms. The summed E-state index contributed by atoms with van der Waals surface area (Å²) in [6.45, 7) is 4.87. The molecule has 1 aliphatic rings. The standard InChI is InChI=1S/C31H30N2O6/c1-30(2,3)39-29(37)33-31(27(34)35,16-19-17-32-26-15-9-8-10-20(19)26)28(36)38-18-25-23-13-6-4-11-21(23)22-12-5-7-14-24(22)25/h4-15,17,25,32H,16,18H2,1-3H3,(H,33,37)(H,34,35)/t31-/m0/s1. The smallest absolute Gasteiger partial charge is 0.409 e. The van der Waals surface area contributed by atoms with Gasteiger partial charge in [-0.15, -0.1) is 0 Å². The van der Waals surface area contributed by atoms with Crippen molar-refractivity contribution in [2.75, 3.05) is 6.61 Å². The number of ether oxygens (including phenoxy) is 2. The third-order valence-electron chi connectivity index (χ3n) is 6.90. The number of para-hydroxylation sites is 1. The topological polar surface area (TPSA) is 118 Å². The maximum atomic E-state index is 13.8. The lowest BCUT2D eigenvalue weighted by molar-refractivity contribution is -0.163. The van der Waals surface area contributed by atoms with Gasteiger partial charge in [-0.25, -0.2) is 14.4 Å². The molecule has 200 valence electrons. The number of carboxylic acid groups (broad SMARTS) is 1. The Morgan fingerprint density at radius 1 is 0.897 bits per heavy atom. The molecule has 5 rings (SSSR count). The molecule has 0 aliphatic heterocycles. The van der Waals surface area contributed by atoms with Crippen molar-refractivity contribution in [3.63, 3.8) is 0 Å². The van der Waals surface area contributed by atoms with Gasteiger partial charge in [-0.1, -0.05) is 66.7 Å². The number of H-pyrrole nitrogens is 1. The highest BCUT2D eigenvalue weighted by Crippen LogP contribution is 2.44. The molecule has 3 N–H and O–H groups in total. The van der Waals surface area contributed by atoms with Crippen LogP contribution >= 0.6 is 0 Å². The number of benzene rings is 3. The van der Waals surface area contributed by atoms with E-state index in [0.717, 1.165) is 33.2 Å². The number of aliphatic carboxylic acids is 1. The second kappa shape index (κ2) is 9.94. The molecule has 0 saturated carbocycles. The van der Waals surface area contributed by atoms with Crippen molar-refractivity contribution in [1.82, 2.24) is 10.3 Å². The Bertz CT molecular complexity index is 1520. The third kappa shape index (κ3) is 4.97. The Hall–Kier alpha value is -4.59. The molecule has 1 aromatic heterocycles. The number of amides is 1. The zero-order valence-electron chi connectivity index (χ0n) is 22.0. The van der Waals surface area contributed by atoms with E-state index in [4.69, 9.17) is 9.47 Å². The van der Waals surface area contributed by atoms with E-state index in [-0.39, 0.29) is 18.9 Å². The van der Waals surface area contributed by atoms with Crippen molar-refractivity contribution < 1.29 is 29.0 Å². The number of carbonyl (C=O) groups is 3. The normalized spacial score (nSPS) is 14.2. The summed E-state index contributed by atoms with van der Waals surface area (Å²) in [6, 6.07) is 23.0. The maximum Gasteiger partial charge on any atom is 0.409 e. The first-order valence-electron chi connectivity index (χ1n) is 12.7. The van der Waals surface area contributed by atoms with Gasteiger partial charge in [0, 0.05) is 29.4 Å². The SMILES string of the molecule is CC(C)(C)OC(=O)N[C@@](Cc1c[nH]c2ccccc12)(C(=O)O)C(=O)OCC1c2ccccc2-c2ccccc21. The zero-order chi connectivity index (χ0) is 27.8. The molecule has 1 atom stereocenters. The minimum Gasteiger partial charge on any atom is -0.479 e. The summed E-state index contributed by atoms with van der Waals surface area (Å²) in [7, 11) is 0. The molecule has 1 amide bonds. The number of aromatic nitrogens is 1. The first-order valence-corrected chi connectivity index (χ1v) is 12.7. The summed E-state index contributed by atoms with van der Waals surface area (Å²) in [4.78, 5) is 42.5. The monoisotopic (exact) mass is 526 g/mol. The van der Waals surface area contributed by atoms with Crippen LogP contribution in [0.5, 0.6) is 0 Å². The molecule has 0 unspecified atom stereocenters. The van der Waals surface area contributed by atoms with Gasteiger partial charge in [0.2, 0.25) is 5.54 Å². The van der Waals surface area contributed by atoms with Gasteiger partial charge < -0.3 is 19.6 Å². The Morgan fingerprint density at radius 2 is 1.49 bits per heavy atom. The molecular formula is C31H30N2O6. The van der Waals surface area contributed by atoms with Crippen LogP contribution in [-0.4, -0.2) is 45.9 Å². The van der Waals surface area contributed by atoms with Crippen molar-refractivity contribution in [3.05, 3.63) is 95.7 Å². The average Bonchev–Trinajstić information content (AvgIpc) is 3.44. The molecule has 3 aromatic carbocycles. The van der Waals surface area contributed by atoms with Gasteiger partial charge in [-0.2, -0.15) is 0 Å². The number of esters is 1. The van der Waals surface area contributed by atoms with Crippen molar-refractivity contribution in [3.8, 4) is 11.1 Å². The molecule has 1 aliphatic carbocycles. The van der Waals surface area contributed by atoms with E-state index >= 15 is 0 Å². The predicted octanol–water partition coefficient (Wildman–Crippen LogP) is 5.41. The Morgan fingerprint density at radius 3 is 2.10 bits per heavy atom. The van der Waals surface area contributed by atoms with Gasteiger partial charge in [0.25, 0.3) is 0 Å². The number of carboxylic acids is 1. The largest absolute Gasteiger partial charge is 0.479 e. The Labute approximate surface area is 226 Å². The number of nitrogens with one attached hydrogen (secondary N) is 2. The summed E-state index contributed by atoms with van der Waals surface area (Å²) < 4.78 is 11.1. The van der Waals surface area contributed by atoms with E-state index in [2.05, 4.69) is 10.3 Å². The van der Waals surface area contributed by atoms with Gasteiger partial charge in [0.05, 0.1) is 0 Å². The van der Waals surface area contributed by atoms with Crippen LogP contribution in [0.15, 0.2) is 79.0 Å². The van der Waals surface area contributed by atoms with E-state index in [9.17, 15) is 19.5 Å². The van der Waals surface area contributed by atoms with Crippen LogP contribution in [0.3, 0.4) is 0 Å². The quantitative estimate of drug-likeness (QED) is 0.219. The van der Waals surface area contributed by atoms with E-state index in [1.807, 2.05) is 72.8 Å². The number of rotatable bonds is 7. The molecule has 39 heavy (non-hydrogen) atoms. The number of alkyl carbamates (subject to hydrolysis) is 1. The third-order valence-corrected chi connectivity index (χ3v) is 6.90. The Kier molecular flexibility index (Phi) is 6.64. The van der Waals surface area contributed by atoms with E-state index in [1.165, 1.54) is 0 Å². The van der Waals surface area contributed by atoms with Crippen LogP contribution in [0.2, 0.25) is 0 Å². The molecule has 8 nitrogen and oxygen atoms in total. The van der Waals surface area contributed by atoms with Crippen LogP contribution in [0.1, 0.15) is 43.4 Å². The van der Waals surface area contributed by atoms with Crippen LogP contribution < -0.4 is 5.32 Å². The van der Waals surface area contributed by atoms with Crippen LogP contribution in [-0.2, 0) is 25.5 Å². The number of aromatic amines is 1. The molecule has 1 heterocycles. The first kappa shape index (κ1) is 26.0. The summed E-state index contributed by atoms with van der Waals surface area (Å²) >= 11 is 0. The second-order valence-corrected chi connectivity index (χ2v) is 10.7. The van der Waals surface area contributed by atoms with E-state index < -0.39 is 29.2 Å². The maximum absolute atomic E-state index is 13.8.